The van der Waals surface area contributed by atoms with Gasteiger partial charge in [0.1, 0.15) is 11.4 Å². The van der Waals surface area contributed by atoms with Gasteiger partial charge in [-0.15, -0.1) is 0 Å². The summed E-state index contributed by atoms with van der Waals surface area (Å²) < 4.78 is 5.93. The molecule has 1 aliphatic rings. The van der Waals surface area contributed by atoms with Gasteiger partial charge in [0, 0.05) is 18.7 Å². The zero-order valence-electron chi connectivity index (χ0n) is 15.0. The standard InChI is InChI=1S/C19H30N2O3/c1-19(2,3)24-17-10-5-4-8-15(17)13-21-18(23)20-12-14-7-6-9-16(22)11-14/h4-5,8,10,14,16,22H,6-7,9,11-13H2,1-3H3,(H2,20,21,23). The predicted octanol–water partition coefficient (Wildman–Crippen LogP) is 3.21. The van der Waals surface area contributed by atoms with E-state index in [2.05, 4.69) is 10.6 Å². The summed E-state index contributed by atoms with van der Waals surface area (Å²) in [6, 6.07) is 7.57. The summed E-state index contributed by atoms with van der Waals surface area (Å²) in [5.41, 5.74) is 0.677. The first-order valence-electron chi connectivity index (χ1n) is 8.80. The van der Waals surface area contributed by atoms with Crippen LogP contribution < -0.4 is 15.4 Å². The molecule has 0 radical (unpaired) electrons. The molecule has 0 heterocycles. The van der Waals surface area contributed by atoms with Crippen LogP contribution in [-0.2, 0) is 6.54 Å². The van der Waals surface area contributed by atoms with E-state index in [9.17, 15) is 9.90 Å². The summed E-state index contributed by atoms with van der Waals surface area (Å²) in [5, 5.41) is 15.5. The van der Waals surface area contributed by atoms with Gasteiger partial charge in [-0.2, -0.15) is 0 Å². The lowest BCUT2D eigenvalue weighted by Crippen LogP contribution is -2.39. The van der Waals surface area contributed by atoms with Crippen LogP contribution >= 0.6 is 0 Å². The highest BCUT2D eigenvalue weighted by Gasteiger charge is 2.20. The molecule has 1 aromatic carbocycles. The molecule has 0 aromatic heterocycles. The number of nitrogens with one attached hydrogen (secondary N) is 2. The Bertz CT molecular complexity index is 540. The molecular weight excluding hydrogens is 304 g/mol. The van der Waals surface area contributed by atoms with Gasteiger partial charge >= 0.3 is 6.03 Å². The largest absolute Gasteiger partial charge is 0.488 e. The minimum atomic E-state index is -0.278. The highest BCUT2D eigenvalue weighted by Crippen LogP contribution is 2.24. The maximum absolute atomic E-state index is 12.0. The van der Waals surface area contributed by atoms with Gasteiger partial charge in [0.15, 0.2) is 0 Å². The van der Waals surface area contributed by atoms with Crippen LogP contribution in [0.4, 0.5) is 4.79 Å². The molecule has 134 valence electrons. The second kappa shape index (κ2) is 8.38. The van der Waals surface area contributed by atoms with Crippen LogP contribution in [0.5, 0.6) is 5.75 Å². The summed E-state index contributed by atoms with van der Waals surface area (Å²) in [4.78, 5) is 12.0. The van der Waals surface area contributed by atoms with Gasteiger partial charge < -0.3 is 20.5 Å². The molecule has 1 aliphatic carbocycles. The second-order valence-corrected chi connectivity index (χ2v) is 7.57. The van der Waals surface area contributed by atoms with Crippen molar-refractivity contribution in [2.75, 3.05) is 6.54 Å². The first kappa shape index (κ1) is 18.6. The number of benzene rings is 1. The molecule has 5 nitrogen and oxygen atoms in total. The normalized spacial score (nSPS) is 21.2. The molecule has 0 saturated heterocycles. The number of rotatable bonds is 5. The first-order valence-corrected chi connectivity index (χ1v) is 8.80. The van der Waals surface area contributed by atoms with E-state index in [0.29, 0.717) is 19.0 Å². The van der Waals surface area contributed by atoms with Crippen LogP contribution in [0.3, 0.4) is 0 Å². The number of amides is 2. The topological polar surface area (TPSA) is 70.6 Å². The van der Waals surface area contributed by atoms with Crippen LogP contribution in [-0.4, -0.2) is 29.4 Å². The molecule has 1 saturated carbocycles. The lowest BCUT2D eigenvalue weighted by molar-refractivity contribution is 0.101. The number of aliphatic hydroxyl groups excluding tert-OH is 1. The average molecular weight is 334 g/mol. The van der Waals surface area contributed by atoms with Crippen molar-refractivity contribution < 1.29 is 14.6 Å². The van der Waals surface area contributed by atoms with E-state index in [0.717, 1.165) is 37.0 Å². The van der Waals surface area contributed by atoms with Gasteiger partial charge in [0.25, 0.3) is 0 Å². The maximum Gasteiger partial charge on any atom is 0.315 e. The molecule has 0 bridgehead atoms. The molecule has 5 heteroatoms. The number of urea groups is 1. The van der Waals surface area contributed by atoms with Crippen molar-refractivity contribution in [2.45, 2.75) is 64.7 Å². The van der Waals surface area contributed by atoms with Crippen LogP contribution in [0.15, 0.2) is 24.3 Å². The smallest absolute Gasteiger partial charge is 0.315 e. The van der Waals surface area contributed by atoms with Gasteiger partial charge in [-0.3, -0.25) is 0 Å². The van der Waals surface area contributed by atoms with E-state index < -0.39 is 0 Å². The molecule has 24 heavy (non-hydrogen) atoms. The van der Waals surface area contributed by atoms with Crippen molar-refractivity contribution >= 4 is 6.03 Å². The third-order valence-corrected chi connectivity index (χ3v) is 4.13. The van der Waals surface area contributed by atoms with Crippen molar-refractivity contribution in [3.63, 3.8) is 0 Å². The summed E-state index contributed by atoms with van der Waals surface area (Å²) in [5.74, 6) is 1.16. The van der Waals surface area contributed by atoms with Crippen LogP contribution in [0, 0.1) is 5.92 Å². The Balaban J connectivity index is 1.79. The molecule has 2 amide bonds. The first-order chi connectivity index (χ1) is 11.3. The van der Waals surface area contributed by atoms with Crippen molar-refractivity contribution in [3.05, 3.63) is 29.8 Å². The number of hydrogen-bond donors (Lipinski definition) is 3. The summed E-state index contributed by atoms with van der Waals surface area (Å²) in [6.07, 6.45) is 3.55. The molecule has 0 spiro atoms. The number of para-hydroxylation sites is 1. The van der Waals surface area contributed by atoms with Gasteiger partial charge in [0.2, 0.25) is 0 Å². The third-order valence-electron chi connectivity index (χ3n) is 4.13. The van der Waals surface area contributed by atoms with E-state index in [4.69, 9.17) is 4.74 Å². The molecule has 0 aliphatic heterocycles. The monoisotopic (exact) mass is 334 g/mol. The lowest BCUT2D eigenvalue weighted by atomic mass is 9.87. The molecule has 1 fully saturated rings. The number of carbonyl (C=O) groups is 1. The zero-order valence-corrected chi connectivity index (χ0v) is 15.0. The Labute approximate surface area is 144 Å². The summed E-state index contributed by atoms with van der Waals surface area (Å²) >= 11 is 0. The number of hydrogen-bond acceptors (Lipinski definition) is 3. The molecule has 3 N–H and O–H groups in total. The molecular formula is C19H30N2O3. The minimum Gasteiger partial charge on any atom is -0.488 e. The fourth-order valence-corrected chi connectivity index (χ4v) is 3.00. The Morgan fingerprint density at radius 1 is 1.25 bits per heavy atom. The molecule has 2 rings (SSSR count). The highest BCUT2D eigenvalue weighted by atomic mass is 16.5. The Morgan fingerprint density at radius 3 is 2.71 bits per heavy atom. The highest BCUT2D eigenvalue weighted by molar-refractivity contribution is 5.73. The molecule has 2 unspecified atom stereocenters. The molecule has 1 aromatic rings. The number of carbonyl (C=O) groups excluding carboxylic acids is 1. The second-order valence-electron chi connectivity index (χ2n) is 7.57. The van der Waals surface area contributed by atoms with Gasteiger partial charge in [-0.25, -0.2) is 4.79 Å². The van der Waals surface area contributed by atoms with Crippen molar-refractivity contribution in [2.24, 2.45) is 5.92 Å². The van der Waals surface area contributed by atoms with Crippen molar-refractivity contribution in [3.8, 4) is 5.75 Å². The Kier molecular flexibility index (Phi) is 6.49. The van der Waals surface area contributed by atoms with E-state index >= 15 is 0 Å². The van der Waals surface area contributed by atoms with Crippen molar-refractivity contribution in [1.29, 1.82) is 0 Å². The van der Waals surface area contributed by atoms with Gasteiger partial charge in [0.05, 0.1) is 6.10 Å². The van der Waals surface area contributed by atoms with E-state index in [-0.39, 0.29) is 17.7 Å². The summed E-state index contributed by atoms with van der Waals surface area (Å²) in [6.45, 7) is 7.04. The van der Waals surface area contributed by atoms with Crippen LogP contribution in [0.2, 0.25) is 0 Å². The summed E-state index contributed by atoms with van der Waals surface area (Å²) in [7, 11) is 0. The lowest BCUT2D eigenvalue weighted by Gasteiger charge is -2.26. The van der Waals surface area contributed by atoms with E-state index in [1.807, 2.05) is 45.0 Å². The number of ether oxygens (including phenoxy) is 1. The third kappa shape index (κ3) is 6.40. The predicted molar refractivity (Wildman–Crippen MR) is 95.0 cm³/mol. The molecule has 2 atom stereocenters. The average Bonchev–Trinajstić information content (AvgIpc) is 2.51. The van der Waals surface area contributed by atoms with Gasteiger partial charge in [-0.1, -0.05) is 24.6 Å². The van der Waals surface area contributed by atoms with Crippen LogP contribution in [0.25, 0.3) is 0 Å². The zero-order chi connectivity index (χ0) is 17.6. The maximum atomic E-state index is 12.0. The SMILES string of the molecule is CC(C)(C)Oc1ccccc1CNC(=O)NCC1CCCC(O)C1. The Morgan fingerprint density at radius 2 is 2.00 bits per heavy atom. The van der Waals surface area contributed by atoms with E-state index in [1.165, 1.54) is 0 Å². The fraction of sp³-hybridized carbons (Fsp3) is 0.632. The fourth-order valence-electron chi connectivity index (χ4n) is 3.00. The van der Waals surface area contributed by atoms with Crippen LogP contribution in [0.1, 0.15) is 52.0 Å². The van der Waals surface area contributed by atoms with E-state index in [1.54, 1.807) is 0 Å². The van der Waals surface area contributed by atoms with Gasteiger partial charge in [-0.05, 0) is 52.0 Å². The van der Waals surface area contributed by atoms with Crippen molar-refractivity contribution in [1.82, 2.24) is 10.6 Å². The Hall–Kier alpha value is -1.75. The minimum absolute atomic E-state index is 0.180. The quantitative estimate of drug-likeness (QED) is 0.774. The number of aliphatic hydroxyl groups is 1.